The van der Waals surface area contributed by atoms with Crippen LogP contribution in [0.5, 0.6) is 5.75 Å². The Morgan fingerprint density at radius 3 is 2.19 bits per heavy atom. The number of rotatable bonds is 31. The summed E-state index contributed by atoms with van der Waals surface area (Å²) >= 11 is 0. The van der Waals surface area contributed by atoms with E-state index in [-0.39, 0.29) is 85.8 Å². The summed E-state index contributed by atoms with van der Waals surface area (Å²) in [6.45, 7) is 3.91. The Labute approximate surface area is 391 Å². The van der Waals surface area contributed by atoms with Crippen LogP contribution in [0.3, 0.4) is 0 Å². The molecule has 11 N–H and O–H groups in total. The molecule has 0 spiro atoms. The van der Waals surface area contributed by atoms with Gasteiger partial charge in [0.05, 0.1) is 29.1 Å². The molecule has 2 heterocycles. The molecule has 25 heteroatoms. The minimum Gasteiger partial charge on any atom is -0.494 e. The minimum atomic E-state index is -4.42. The lowest BCUT2D eigenvalue weighted by Crippen LogP contribution is -2.50. The average Bonchev–Trinajstić information content (AvgIpc) is 3.96. The van der Waals surface area contributed by atoms with Crippen molar-refractivity contribution in [3.8, 4) is 5.75 Å². The molecular formula is C43H59N11O13S. The molecule has 0 saturated heterocycles. The molecule has 24 nitrogen and oxygen atoms in total. The second kappa shape index (κ2) is 26.3. The number of amides is 4. The molecule has 0 saturated carbocycles. The van der Waals surface area contributed by atoms with Gasteiger partial charge in [0.25, 0.3) is 5.91 Å². The lowest BCUT2D eigenvalue weighted by molar-refractivity contribution is -0.139. The smallest absolute Gasteiger partial charge is 0.323 e. The molecule has 68 heavy (non-hydrogen) atoms. The summed E-state index contributed by atoms with van der Waals surface area (Å²) in [7, 11) is -2.85. The summed E-state index contributed by atoms with van der Waals surface area (Å²) < 4.78 is 36.8. The predicted molar refractivity (Wildman–Crippen MR) is 245 cm³/mol. The van der Waals surface area contributed by atoms with Crippen LogP contribution in [-0.2, 0) is 45.3 Å². The Balaban J connectivity index is 1.21. The van der Waals surface area contributed by atoms with Crippen molar-refractivity contribution >= 4 is 68.4 Å². The molecule has 2 aromatic carbocycles. The molecule has 0 aliphatic carbocycles. The number of nitrogens with zero attached hydrogens (tertiary/aromatic N) is 3. The first-order valence-corrected chi connectivity index (χ1v) is 23.3. The maximum atomic E-state index is 13.5. The van der Waals surface area contributed by atoms with E-state index < -0.39 is 76.6 Å². The van der Waals surface area contributed by atoms with Gasteiger partial charge in [0.1, 0.15) is 17.8 Å². The van der Waals surface area contributed by atoms with Crippen LogP contribution in [0.4, 0.5) is 5.95 Å². The molecule has 0 aliphatic rings. The van der Waals surface area contributed by atoms with Gasteiger partial charge >= 0.3 is 17.9 Å². The Kier molecular flexibility index (Phi) is 20.7. The van der Waals surface area contributed by atoms with Crippen molar-refractivity contribution in [1.82, 2.24) is 51.1 Å². The van der Waals surface area contributed by atoms with Gasteiger partial charge in [0.2, 0.25) is 27.7 Å². The fourth-order valence-electron chi connectivity index (χ4n) is 7.06. The normalized spacial score (nSPS) is 12.6. The molecule has 0 bridgehead atoms. The van der Waals surface area contributed by atoms with Gasteiger partial charge in [0.15, 0.2) is 5.95 Å². The highest BCUT2D eigenvalue weighted by atomic mass is 32.2. The summed E-state index contributed by atoms with van der Waals surface area (Å²) in [4.78, 5) is 92.5. The van der Waals surface area contributed by atoms with Crippen LogP contribution in [0.2, 0.25) is 0 Å². The number of aromatic amines is 1. The molecular weight excluding hydrogens is 911 g/mol. The summed E-state index contributed by atoms with van der Waals surface area (Å²) in [5, 5.41) is 49.3. The van der Waals surface area contributed by atoms with Gasteiger partial charge in [-0.15, -0.1) is 0 Å². The van der Waals surface area contributed by atoms with Crippen molar-refractivity contribution < 1.29 is 62.0 Å². The molecule has 4 aromatic rings. The first-order valence-electron chi connectivity index (χ1n) is 21.8. The quantitative estimate of drug-likeness (QED) is 0.0306. The largest absolute Gasteiger partial charge is 0.494 e. The van der Waals surface area contributed by atoms with Crippen molar-refractivity contribution in [1.29, 1.82) is 0 Å². The summed E-state index contributed by atoms with van der Waals surface area (Å²) in [6, 6.07) is 4.91. The maximum Gasteiger partial charge on any atom is 0.323 e. The van der Waals surface area contributed by atoms with Crippen LogP contribution < -0.4 is 41.4 Å². The molecule has 3 atom stereocenters. The average molecular weight is 970 g/mol. The van der Waals surface area contributed by atoms with E-state index >= 15 is 0 Å². The van der Waals surface area contributed by atoms with Crippen LogP contribution >= 0.6 is 0 Å². The van der Waals surface area contributed by atoms with Crippen LogP contribution in [0.15, 0.2) is 53.8 Å². The fourth-order valence-corrected chi connectivity index (χ4v) is 8.70. The SMILES string of the molecule is CNC[C@@H](CCC(=O)O)C(=O)NC(CCC(=O)O)C(=O)NCCNC(=O)CCCOc1cc(C)c(S(=O)(=O)N[C@@H](CNC(=O)c2ccc3c(cnn3CCCNc3ncc[nH]3)c2)C(=O)O)c(C)c1. The first-order chi connectivity index (χ1) is 32.4. The van der Waals surface area contributed by atoms with E-state index in [2.05, 4.69) is 51.7 Å². The third-order valence-corrected chi connectivity index (χ3v) is 12.2. The number of anilines is 1. The molecule has 0 fully saturated rings. The molecule has 370 valence electrons. The lowest BCUT2D eigenvalue weighted by Gasteiger charge is -2.22. The fraction of sp³-hybridized carbons (Fsp3) is 0.465. The van der Waals surface area contributed by atoms with Crippen LogP contribution in [0.25, 0.3) is 10.9 Å². The highest BCUT2D eigenvalue weighted by molar-refractivity contribution is 7.89. The van der Waals surface area contributed by atoms with Crippen LogP contribution in [-0.4, -0.2) is 143 Å². The number of ether oxygens (including phenoxy) is 1. The highest BCUT2D eigenvalue weighted by Crippen LogP contribution is 2.26. The van der Waals surface area contributed by atoms with Gasteiger partial charge in [-0.25, -0.2) is 13.4 Å². The Morgan fingerprint density at radius 2 is 1.53 bits per heavy atom. The number of sulfonamides is 1. The molecule has 1 unspecified atom stereocenters. The number of carbonyl (C=O) groups excluding carboxylic acids is 4. The molecule has 0 radical (unpaired) electrons. The summed E-state index contributed by atoms with van der Waals surface area (Å²) in [5.41, 5.74) is 1.53. The molecule has 2 aromatic heterocycles. The van der Waals surface area contributed by atoms with Gasteiger partial charge in [-0.05, 0) is 88.0 Å². The maximum absolute atomic E-state index is 13.5. The number of hydrogen-bond acceptors (Lipinski definition) is 14. The van der Waals surface area contributed by atoms with Crippen molar-refractivity contribution in [2.45, 2.75) is 82.3 Å². The number of imidazole rings is 1. The van der Waals surface area contributed by atoms with Crippen molar-refractivity contribution in [3.63, 3.8) is 0 Å². The van der Waals surface area contributed by atoms with E-state index in [1.165, 1.54) is 26.0 Å². The predicted octanol–water partition coefficient (Wildman–Crippen LogP) is 0.481. The number of carboxylic acid groups (broad SMARTS) is 3. The zero-order valence-electron chi connectivity index (χ0n) is 37.9. The zero-order chi connectivity index (χ0) is 49.8. The van der Waals surface area contributed by atoms with E-state index in [0.717, 1.165) is 11.9 Å². The standard InChI is InChI=1S/C43H59N11O13S/c1-26-20-31(67-19-4-6-35(55)45-14-15-46-41(62)32(9-12-37(58)59)52-40(61)29(23-44-3)8-11-36(56)57)21-27(2)38(26)68(65,66)53-33(42(63)64)25-50-39(60)28-7-10-34-30(22-28)24-51-54(34)18-5-13-47-43-48-16-17-49-43/h7,10,16-17,20-22,24,29,32-33,44,53H,4-6,8-9,11-15,18-19,23,25H2,1-3H3,(H,45,55)(H,46,62)(H,50,60)(H,52,61)(H,56,57)(H,58,59)(H,63,64)(H2,47,48,49)/t29-,32?,33+/m1/s1. The summed E-state index contributed by atoms with van der Waals surface area (Å²) in [5.74, 6) is -5.85. The first kappa shape index (κ1) is 53.5. The second-order valence-corrected chi connectivity index (χ2v) is 17.4. The van der Waals surface area contributed by atoms with Gasteiger partial charge < -0.3 is 56.9 Å². The number of H-pyrrole nitrogens is 1. The van der Waals surface area contributed by atoms with Crippen LogP contribution in [0.1, 0.15) is 66.4 Å². The third-order valence-electron chi connectivity index (χ3n) is 10.4. The Morgan fingerprint density at radius 1 is 0.824 bits per heavy atom. The van der Waals surface area contributed by atoms with E-state index in [0.29, 0.717) is 30.2 Å². The van der Waals surface area contributed by atoms with Gasteiger partial charge in [-0.3, -0.25) is 38.2 Å². The molecule has 4 amide bonds. The van der Waals surface area contributed by atoms with E-state index in [4.69, 9.17) is 14.9 Å². The third kappa shape index (κ3) is 16.9. The number of carbonyl (C=O) groups is 7. The number of hydrogen-bond donors (Lipinski definition) is 11. The Hall–Kier alpha value is -7.12. The number of fused-ring (bicyclic) bond motifs is 1. The summed E-state index contributed by atoms with van der Waals surface area (Å²) in [6.07, 6.45) is 5.11. The van der Waals surface area contributed by atoms with Crippen LogP contribution in [0, 0.1) is 19.8 Å². The van der Waals surface area contributed by atoms with Gasteiger partial charge in [0, 0.05) is 81.9 Å². The van der Waals surface area contributed by atoms with Crippen molar-refractivity contribution in [2.24, 2.45) is 5.92 Å². The minimum absolute atomic E-state index is 0.00500. The highest BCUT2D eigenvalue weighted by Gasteiger charge is 2.29. The zero-order valence-corrected chi connectivity index (χ0v) is 38.7. The molecule has 4 rings (SSSR count). The topological polar surface area (TPSA) is 354 Å². The van der Waals surface area contributed by atoms with E-state index in [1.54, 1.807) is 48.5 Å². The van der Waals surface area contributed by atoms with Gasteiger partial charge in [-0.2, -0.15) is 9.82 Å². The monoisotopic (exact) mass is 969 g/mol. The van der Waals surface area contributed by atoms with E-state index in [9.17, 15) is 47.1 Å². The number of aryl methyl sites for hydroxylation is 3. The number of benzene rings is 2. The number of aromatic nitrogens is 4. The Bertz CT molecular complexity index is 2470. The lowest BCUT2D eigenvalue weighted by atomic mass is 10.0. The number of nitrogens with one attached hydrogen (secondary N) is 8. The molecule has 0 aliphatic heterocycles. The van der Waals surface area contributed by atoms with Gasteiger partial charge in [-0.1, -0.05) is 0 Å². The number of aliphatic carboxylic acids is 3. The van der Waals surface area contributed by atoms with E-state index in [1.807, 2.05) is 0 Å². The number of carboxylic acids is 3. The second-order valence-electron chi connectivity index (χ2n) is 15.7. The van der Waals surface area contributed by atoms with Crippen molar-refractivity contribution in [2.75, 3.05) is 51.7 Å². The van der Waals surface area contributed by atoms with Crippen molar-refractivity contribution in [3.05, 3.63) is 65.6 Å².